The molecule has 1 aliphatic carbocycles. The molecular formula is C14H19IN2O. The van der Waals surface area contributed by atoms with Crippen LogP contribution < -0.4 is 11.1 Å². The summed E-state index contributed by atoms with van der Waals surface area (Å²) >= 11 is 2.26. The van der Waals surface area contributed by atoms with Crippen molar-refractivity contribution in [2.45, 2.75) is 44.2 Å². The number of amides is 1. The third-order valence-corrected chi connectivity index (χ3v) is 4.48. The van der Waals surface area contributed by atoms with Crippen LogP contribution in [-0.4, -0.2) is 11.9 Å². The molecule has 1 saturated carbocycles. The molecule has 1 aliphatic rings. The fourth-order valence-corrected chi connectivity index (χ4v) is 2.92. The van der Waals surface area contributed by atoms with Gasteiger partial charge in [0.2, 0.25) is 5.91 Å². The van der Waals surface area contributed by atoms with Crippen molar-refractivity contribution >= 4 is 28.5 Å². The second-order valence-electron chi connectivity index (χ2n) is 5.12. The van der Waals surface area contributed by atoms with Crippen LogP contribution in [0, 0.1) is 3.57 Å². The maximum atomic E-state index is 11.9. The van der Waals surface area contributed by atoms with E-state index in [1.165, 1.54) is 12.8 Å². The summed E-state index contributed by atoms with van der Waals surface area (Å²) in [7, 11) is 0. The maximum absolute atomic E-state index is 11.9. The van der Waals surface area contributed by atoms with E-state index in [1.54, 1.807) is 0 Å². The van der Waals surface area contributed by atoms with Crippen LogP contribution in [0.3, 0.4) is 0 Å². The smallest absolute Gasteiger partial charge is 0.242 e. The lowest BCUT2D eigenvalue weighted by molar-refractivity contribution is -0.124. The lowest BCUT2D eigenvalue weighted by atomic mass is 9.90. The molecule has 1 aromatic carbocycles. The number of halogens is 1. The second kappa shape index (κ2) is 5.57. The largest absolute Gasteiger partial charge is 0.368 e. The normalized spacial score (nSPS) is 19.7. The summed E-state index contributed by atoms with van der Waals surface area (Å²) in [4.78, 5) is 11.9. The Hall–Kier alpha value is -0.620. The van der Waals surface area contributed by atoms with E-state index in [4.69, 9.17) is 5.73 Å². The van der Waals surface area contributed by atoms with Crippen LogP contribution >= 0.6 is 22.6 Å². The molecule has 0 bridgehead atoms. The first-order valence-electron chi connectivity index (χ1n) is 6.36. The summed E-state index contributed by atoms with van der Waals surface area (Å²) in [6, 6.07) is 8.38. The monoisotopic (exact) mass is 358 g/mol. The average molecular weight is 358 g/mol. The fraction of sp³-hybridized carbons (Fsp3) is 0.500. The van der Waals surface area contributed by atoms with Gasteiger partial charge in [0.15, 0.2) is 0 Å². The Labute approximate surface area is 122 Å². The van der Waals surface area contributed by atoms with E-state index in [1.807, 2.05) is 31.2 Å². The molecule has 0 aromatic heterocycles. The molecule has 0 saturated heterocycles. The number of primary amides is 1. The summed E-state index contributed by atoms with van der Waals surface area (Å²) in [5.41, 5.74) is 5.80. The summed E-state index contributed by atoms with van der Waals surface area (Å²) in [6.07, 6.45) is 4.73. The number of benzene rings is 1. The number of hydrogen-bond acceptors (Lipinski definition) is 2. The molecule has 1 atom stereocenters. The highest BCUT2D eigenvalue weighted by Gasteiger charge is 2.35. The van der Waals surface area contributed by atoms with E-state index < -0.39 is 5.54 Å². The molecule has 1 amide bonds. The summed E-state index contributed by atoms with van der Waals surface area (Å²) in [6.45, 7) is 1.88. The lowest BCUT2D eigenvalue weighted by Crippen LogP contribution is -2.53. The third kappa shape index (κ3) is 2.85. The van der Waals surface area contributed by atoms with Gasteiger partial charge in [-0.15, -0.1) is 0 Å². The SMILES string of the molecule is CC(NC1CCCC1)(C(N)=O)c1ccc(I)cc1. The predicted octanol–water partition coefficient (Wildman–Crippen LogP) is 2.52. The van der Waals surface area contributed by atoms with Gasteiger partial charge >= 0.3 is 0 Å². The van der Waals surface area contributed by atoms with Gasteiger partial charge in [-0.05, 0) is 60.1 Å². The molecule has 0 aliphatic heterocycles. The highest BCUT2D eigenvalue weighted by Crippen LogP contribution is 2.26. The Kier molecular flexibility index (Phi) is 4.27. The Morgan fingerprint density at radius 1 is 1.33 bits per heavy atom. The summed E-state index contributed by atoms with van der Waals surface area (Å²) in [5.74, 6) is -0.310. The van der Waals surface area contributed by atoms with E-state index in [2.05, 4.69) is 27.9 Å². The molecule has 0 radical (unpaired) electrons. The number of carbonyl (C=O) groups excluding carboxylic acids is 1. The van der Waals surface area contributed by atoms with Gasteiger partial charge in [0, 0.05) is 9.61 Å². The average Bonchev–Trinajstić information content (AvgIpc) is 2.82. The molecule has 3 nitrogen and oxygen atoms in total. The van der Waals surface area contributed by atoms with Crippen molar-refractivity contribution in [3.63, 3.8) is 0 Å². The van der Waals surface area contributed by atoms with Gasteiger partial charge in [-0.25, -0.2) is 0 Å². The van der Waals surface area contributed by atoms with Gasteiger partial charge in [-0.1, -0.05) is 25.0 Å². The Morgan fingerprint density at radius 3 is 2.39 bits per heavy atom. The molecule has 4 heteroatoms. The van der Waals surface area contributed by atoms with Gasteiger partial charge in [0.1, 0.15) is 5.54 Å². The van der Waals surface area contributed by atoms with Crippen LogP contribution in [0.25, 0.3) is 0 Å². The quantitative estimate of drug-likeness (QED) is 0.813. The number of rotatable bonds is 4. The van der Waals surface area contributed by atoms with Gasteiger partial charge in [-0.2, -0.15) is 0 Å². The molecule has 1 fully saturated rings. The molecule has 3 N–H and O–H groups in total. The molecule has 18 heavy (non-hydrogen) atoms. The Bertz CT molecular complexity index is 426. The lowest BCUT2D eigenvalue weighted by Gasteiger charge is -2.31. The molecule has 98 valence electrons. The van der Waals surface area contributed by atoms with Crippen LogP contribution in [0.2, 0.25) is 0 Å². The summed E-state index contributed by atoms with van der Waals surface area (Å²) in [5, 5.41) is 3.45. The van der Waals surface area contributed by atoms with Gasteiger partial charge in [0.25, 0.3) is 0 Å². The zero-order valence-electron chi connectivity index (χ0n) is 10.6. The number of hydrogen-bond donors (Lipinski definition) is 2. The van der Waals surface area contributed by atoms with E-state index in [0.29, 0.717) is 6.04 Å². The van der Waals surface area contributed by atoms with Crippen molar-refractivity contribution in [1.82, 2.24) is 5.32 Å². The minimum atomic E-state index is -0.765. The van der Waals surface area contributed by atoms with Crippen molar-refractivity contribution in [2.75, 3.05) is 0 Å². The van der Waals surface area contributed by atoms with Crippen molar-refractivity contribution in [3.05, 3.63) is 33.4 Å². The topological polar surface area (TPSA) is 55.1 Å². The predicted molar refractivity (Wildman–Crippen MR) is 81.1 cm³/mol. The standard InChI is InChI=1S/C14H19IN2O/c1-14(13(16)18,17-12-4-2-3-5-12)10-6-8-11(15)9-7-10/h6-9,12,17H,2-5H2,1H3,(H2,16,18). The zero-order valence-corrected chi connectivity index (χ0v) is 12.7. The van der Waals surface area contributed by atoms with Crippen molar-refractivity contribution in [3.8, 4) is 0 Å². The maximum Gasteiger partial charge on any atom is 0.242 e. The summed E-state index contributed by atoms with van der Waals surface area (Å²) < 4.78 is 1.16. The first-order valence-corrected chi connectivity index (χ1v) is 7.44. The highest BCUT2D eigenvalue weighted by atomic mass is 127. The Balaban J connectivity index is 2.25. The molecule has 0 heterocycles. The van der Waals surface area contributed by atoms with Gasteiger partial charge < -0.3 is 5.73 Å². The van der Waals surface area contributed by atoms with Crippen molar-refractivity contribution in [2.24, 2.45) is 5.73 Å². The molecule has 1 aromatic rings. The van der Waals surface area contributed by atoms with E-state index in [0.717, 1.165) is 22.0 Å². The zero-order chi connectivity index (χ0) is 13.2. The van der Waals surface area contributed by atoms with Gasteiger partial charge in [-0.3, -0.25) is 10.1 Å². The van der Waals surface area contributed by atoms with Crippen LogP contribution in [0.4, 0.5) is 0 Å². The van der Waals surface area contributed by atoms with Crippen LogP contribution in [0.15, 0.2) is 24.3 Å². The van der Waals surface area contributed by atoms with Crippen LogP contribution in [0.5, 0.6) is 0 Å². The van der Waals surface area contributed by atoms with E-state index in [-0.39, 0.29) is 5.91 Å². The highest BCUT2D eigenvalue weighted by molar-refractivity contribution is 14.1. The number of carbonyl (C=O) groups is 1. The fourth-order valence-electron chi connectivity index (χ4n) is 2.56. The van der Waals surface area contributed by atoms with Crippen LogP contribution in [0.1, 0.15) is 38.2 Å². The molecule has 2 rings (SSSR count). The number of nitrogens with one attached hydrogen (secondary N) is 1. The molecule has 0 spiro atoms. The minimum absolute atomic E-state index is 0.310. The van der Waals surface area contributed by atoms with Crippen LogP contribution in [-0.2, 0) is 10.3 Å². The first kappa shape index (κ1) is 13.8. The second-order valence-corrected chi connectivity index (χ2v) is 6.37. The van der Waals surface area contributed by atoms with E-state index in [9.17, 15) is 4.79 Å². The van der Waals surface area contributed by atoms with Crippen molar-refractivity contribution < 1.29 is 4.79 Å². The number of nitrogens with two attached hydrogens (primary N) is 1. The van der Waals surface area contributed by atoms with Crippen molar-refractivity contribution in [1.29, 1.82) is 0 Å². The Morgan fingerprint density at radius 2 is 1.89 bits per heavy atom. The first-order chi connectivity index (χ1) is 8.52. The molecular weight excluding hydrogens is 339 g/mol. The third-order valence-electron chi connectivity index (χ3n) is 3.76. The van der Waals surface area contributed by atoms with E-state index >= 15 is 0 Å². The molecule has 1 unspecified atom stereocenters. The van der Waals surface area contributed by atoms with Gasteiger partial charge in [0.05, 0.1) is 0 Å². The minimum Gasteiger partial charge on any atom is -0.368 e.